The van der Waals surface area contributed by atoms with Crippen LogP contribution < -0.4 is 16.4 Å². The lowest BCUT2D eigenvalue weighted by molar-refractivity contribution is -0.117. The smallest absolute Gasteiger partial charge is 0.236 e. The van der Waals surface area contributed by atoms with Gasteiger partial charge in [-0.15, -0.1) is 0 Å². The summed E-state index contributed by atoms with van der Waals surface area (Å²) in [5.74, 6) is 0.319. The Hall–Kier alpha value is -1.89. The number of anilines is 3. The maximum Gasteiger partial charge on any atom is 0.236 e. The Morgan fingerprint density at radius 3 is 2.47 bits per heavy atom. The fraction of sp³-hybridized carbons (Fsp3) is 0.375. The van der Waals surface area contributed by atoms with E-state index in [0.717, 1.165) is 0 Å². The molecule has 0 bridgehead atoms. The highest BCUT2D eigenvalue weighted by Gasteiger charge is 2.31. The van der Waals surface area contributed by atoms with Crippen molar-refractivity contribution in [2.75, 3.05) is 22.9 Å². The van der Waals surface area contributed by atoms with Crippen molar-refractivity contribution in [3.05, 3.63) is 6.07 Å². The Morgan fingerprint density at radius 1 is 1.40 bits per heavy atom. The predicted octanol–water partition coefficient (Wildman–Crippen LogP) is -1.26. The highest BCUT2D eigenvalue weighted by molar-refractivity contribution is 5.94. The molecule has 7 heteroatoms. The number of carbonyl (C=O) groups is 1. The number of β-amino-alcohol motifs (C(OH)–C–C–N with tert-alkyl or cyclic N) is 1. The summed E-state index contributed by atoms with van der Waals surface area (Å²) in [4.78, 5) is 20.5. The number of aliphatic hydroxyl groups is 1. The van der Waals surface area contributed by atoms with Gasteiger partial charge >= 0.3 is 0 Å². The molecule has 2 rings (SSSR count). The first kappa shape index (κ1) is 9.66. The molecule has 1 aliphatic heterocycles. The van der Waals surface area contributed by atoms with Crippen molar-refractivity contribution >= 4 is 23.5 Å². The van der Waals surface area contributed by atoms with Gasteiger partial charge in [-0.25, -0.2) is 0 Å². The summed E-state index contributed by atoms with van der Waals surface area (Å²) in [6, 6.07) is 1.40. The van der Waals surface area contributed by atoms with E-state index < -0.39 is 6.10 Å². The highest BCUT2D eigenvalue weighted by atomic mass is 16.3. The lowest BCUT2D eigenvalue weighted by atomic mass is 10.3. The maximum atomic E-state index is 11.4. The molecule has 0 aromatic carbocycles. The van der Waals surface area contributed by atoms with Crippen LogP contribution in [-0.4, -0.2) is 33.6 Å². The first-order valence-corrected chi connectivity index (χ1v) is 4.44. The molecule has 0 spiro atoms. The second-order valence-corrected chi connectivity index (χ2v) is 3.38. The first-order chi connectivity index (χ1) is 7.06. The van der Waals surface area contributed by atoms with Gasteiger partial charge < -0.3 is 16.6 Å². The Balaban J connectivity index is 2.33. The minimum atomic E-state index is -0.677. The molecule has 1 unspecified atom stereocenters. The van der Waals surface area contributed by atoms with Crippen LogP contribution >= 0.6 is 0 Å². The van der Waals surface area contributed by atoms with Crippen LogP contribution in [0.2, 0.25) is 0 Å². The average molecular weight is 209 g/mol. The summed E-state index contributed by atoms with van der Waals surface area (Å²) in [6.07, 6.45) is -0.596. The van der Waals surface area contributed by atoms with Crippen LogP contribution in [0, 0.1) is 0 Å². The Bertz CT molecular complexity index is 388. The summed E-state index contributed by atoms with van der Waals surface area (Å²) in [6.45, 7) is 0.182. The predicted molar refractivity (Wildman–Crippen MR) is 53.8 cm³/mol. The van der Waals surface area contributed by atoms with E-state index in [9.17, 15) is 9.90 Å². The van der Waals surface area contributed by atoms with Crippen molar-refractivity contribution in [2.24, 2.45) is 0 Å². The normalized spacial score (nSPS) is 21.0. The Labute approximate surface area is 85.7 Å². The molecule has 15 heavy (non-hydrogen) atoms. The molecule has 5 N–H and O–H groups in total. The standard InChI is InChI=1S/C8H11N5O2/c9-5-2-6(10)12-8(11-5)13-3-4(14)1-7(13)15/h2,4,14H,1,3H2,(H4,9,10,11,12). The molecule has 80 valence electrons. The molecule has 0 saturated carbocycles. The van der Waals surface area contributed by atoms with Crippen molar-refractivity contribution in [1.82, 2.24) is 9.97 Å². The molecule has 1 atom stereocenters. The Kier molecular flexibility index (Phi) is 2.16. The van der Waals surface area contributed by atoms with Gasteiger partial charge in [0.05, 0.1) is 19.1 Å². The molecule has 0 radical (unpaired) electrons. The van der Waals surface area contributed by atoms with Gasteiger partial charge in [-0.05, 0) is 0 Å². The number of aromatic nitrogens is 2. The number of nitrogen functional groups attached to an aromatic ring is 2. The van der Waals surface area contributed by atoms with E-state index in [1.54, 1.807) is 0 Å². The second kappa shape index (κ2) is 3.35. The number of amides is 1. The first-order valence-electron chi connectivity index (χ1n) is 4.44. The molecule has 1 aliphatic rings. The fourth-order valence-corrected chi connectivity index (χ4v) is 1.47. The van der Waals surface area contributed by atoms with Crippen LogP contribution in [0.5, 0.6) is 0 Å². The van der Waals surface area contributed by atoms with Crippen molar-refractivity contribution < 1.29 is 9.90 Å². The van der Waals surface area contributed by atoms with Gasteiger partial charge in [0.1, 0.15) is 11.6 Å². The van der Waals surface area contributed by atoms with Crippen LogP contribution in [-0.2, 0) is 4.79 Å². The SMILES string of the molecule is Nc1cc(N)nc(N2CC(O)CC2=O)n1. The summed E-state index contributed by atoms with van der Waals surface area (Å²) in [5, 5.41) is 9.29. The summed E-state index contributed by atoms with van der Waals surface area (Å²) < 4.78 is 0. The van der Waals surface area contributed by atoms with Gasteiger partial charge in [0.2, 0.25) is 11.9 Å². The molecule has 1 aromatic heterocycles. The highest BCUT2D eigenvalue weighted by Crippen LogP contribution is 2.19. The van der Waals surface area contributed by atoms with Crippen molar-refractivity contribution in [3.8, 4) is 0 Å². The van der Waals surface area contributed by atoms with E-state index in [1.807, 2.05) is 0 Å². The van der Waals surface area contributed by atoms with E-state index in [1.165, 1.54) is 11.0 Å². The number of carbonyl (C=O) groups excluding carboxylic acids is 1. The van der Waals surface area contributed by atoms with E-state index in [0.29, 0.717) is 0 Å². The van der Waals surface area contributed by atoms with Gasteiger partial charge in [-0.3, -0.25) is 9.69 Å². The third-order valence-corrected chi connectivity index (χ3v) is 2.10. The van der Waals surface area contributed by atoms with Crippen LogP contribution in [0.15, 0.2) is 6.07 Å². The second-order valence-electron chi connectivity index (χ2n) is 3.38. The summed E-state index contributed by atoms with van der Waals surface area (Å²) >= 11 is 0. The fourth-order valence-electron chi connectivity index (χ4n) is 1.47. The molecule has 1 aromatic rings. The number of rotatable bonds is 1. The molecule has 1 fully saturated rings. The molecule has 7 nitrogen and oxygen atoms in total. The largest absolute Gasteiger partial charge is 0.391 e. The lowest BCUT2D eigenvalue weighted by Crippen LogP contribution is -2.27. The van der Waals surface area contributed by atoms with Gasteiger partial charge in [0.25, 0.3) is 0 Å². The number of aliphatic hydroxyl groups excluding tert-OH is 1. The summed E-state index contributed by atoms with van der Waals surface area (Å²) in [5.41, 5.74) is 11.0. The molecule has 1 saturated heterocycles. The van der Waals surface area contributed by atoms with Gasteiger partial charge in [-0.1, -0.05) is 0 Å². The van der Waals surface area contributed by atoms with E-state index in [-0.39, 0.29) is 36.5 Å². The van der Waals surface area contributed by atoms with Crippen molar-refractivity contribution in [3.63, 3.8) is 0 Å². The number of hydrogen-bond acceptors (Lipinski definition) is 6. The van der Waals surface area contributed by atoms with E-state index in [4.69, 9.17) is 11.5 Å². The average Bonchev–Trinajstić information content (AvgIpc) is 2.43. The van der Waals surface area contributed by atoms with Crippen molar-refractivity contribution in [2.45, 2.75) is 12.5 Å². The molecule has 0 aliphatic carbocycles. The Morgan fingerprint density at radius 2 is 2.00 bits per heavy atom. The molecule has 1 amide bonds. The molecule has 2 heterocycles. The zero-order chi connectivity index (χ0) is 11.0. The number of nitrogens with two attached hydrogens (primary N) is 2. The van der Waals surface area contributed by atoms with Crippen molar-refractivity contribution in [1.29, 1.82) is 0 Å². The minimum absolute atomic E-state index is 0.0814. The van der Waals surface area contributed by atoms with Gasteiger partial charge in [-0.2, -0.15) is 9.97 Å². The molecular weight excluding hydrogens is 198 g/mol. The zero-order valence-electron chi connectivity index (χ0n) is 7.92. The zero-order valence-corrected chi connectivity index (χ0v) is 7.92. The van der Waals surface area contributed by atoms with Crippen LogP contribution in [0.3, 0.4) is 0 Å². The topological polar surface area (TPSA) is 118 Å². The molecular formula is C8H11N5O2. The number of hydrogen-bond donors (Lipinski definition) is 3. The van der Waals surface area contributed by atoms with E-state index >= 15 is 0 Å². The summed E-state index contributed by atoms with van der Waals surface area (Å²) in [7, 11) is 0. The van der Waals surface area contributed by atoms with Crippen LogP contribution in [0.4, 0.5) is 17.6 Å². The van der Waals surface area contributed by atoms with E-state index in [2.05, 4.69) is 9.97 Å². The van der Waals surface area contributed by atoms with Crippen LogP contribution in [0.1, 0.15) is 6.42 Å². The third kappa shape index (κ3) is 1.82. The van der Waals surface area contributed by atoms with Crippen LogP contribution in [0.25, 0.3) is 0 Å². The van der Waals surface area contributed by atoms with Gasteiger partial charge in [0.15, 0.2) is 0 Å². The monoisotopic (exact) mass is 209 g/mol. The minimum Gasteiger partial charge on any atom is -0.391 e. The number of nitrogens with zero attached hydrogens (tertiary/aromatic N) is 3. The lowest BCUT2D eigenvalue weighted by Gasteiger charge is -2.13. The maximum absolute atomic E-state index is 11.4. The quantitative estimate of drug-likeness (QED) is 0.531. The van der Waals surface area contributed by atoms with Gasteiger partial charge in [0, 0.05) is 6.07 Å². The third-order valence-electron chi connectivity index (χ3n) is 2.10.